The third-order valence-electron chi connectivity index (χ3n) is 2.65. The fraction of sp³-hybridized carbons (Fsp3) is 0.364. The van der Waals surface area contributed by atoms with Crippen LogP contribution < -0.4 is 0 Å². The molecule has 82 valence electrons. The molecular weight excluding hydrogens is 209 g/mol. The van der Waals surface area contributed by atoms with Crippen LogP contribution in [0, 0.1) is 17.3 Å². The highest BCUT2D eigenvalue weighted by Gasteiger charge is 2.30. The van der Waals surface area contributed by atoms with Gasteiger partial charge in [-0.1, -0.05) is 0 Å². The number of carbonyl (C=O) groups is 1. The van der Waals surface area contributed by atoms with Gasteiger partial charge in [0.2, 0.25) is 5.95 Å². The number of rotatable bonds is 1. The van der Waals surface area contributed by atoms with Crippen LogP contribution in [-0.2, 0) is 0 Å². The Kier molecular flexibility index (Phi) is 2.82. The van der Waals surface area contributed by atoms with Gasteiger partial charge >= 0.3 is 0 Å². The smallest absolute Gasteiger partial charge is 0.259 e. The van der Waals surface area contributed by atoms with Crippen molar-refractivity contribution in [1.29, 1.82) is 5.26 Å². The van der Waals surface area contributed by atoms with Crippen LogP contribution >= 0.6 is 0 Å². The third-order valence-corrected chi connectivity index (χ3v) is 2.65. The Balaban J connectivity index is 2.26. The summed E-state index contributed by atoms with van der Waals surface area (Å²) < 4.78 is 13.3. The van der Waals surface area contributed by atoms with Crippen LogP contribution in [0.2, 0.25) is 0 Å². The van der Waals surface area contributed by atoms with E-state index in [0.717, 1.165) is 6.42 Å². The number of nitrogens with zero attached hydrogens (tertiary/aromatic N) is 3. The van der Waals surface area contributed by atoms with Gasteiger partial charge in [0, 0.05) is 12.7 Å². The number of halogens is 1. The molecule has 0 spiro atoms. The number of amides is 1. The number of nitriles is 1. The SMILES string of the molecule is N#CC1CCCN1C(=O)c1cccnc1F. The fourth-order valence-corrected chi connectivity index (χ4v) is 1.84. The van der Waals surface area contributed by atoms with E-state index >= 15 is 0 Å². The molecule has 0 radical (unpaired) electrons. The summed E-state index contributed by atoms with van der Waals surface area (Å²) in [7, 11) is 0. The zero-order valence-electron chi connectivity index (χ0n) is 8.56. The first kappa shape index (κ1) is 10.6. The highest BCUT2D eigenvalue weighted by atomic mass is 19.1. The molecule has 0 saturated carbocycles. The number of carbonyl (C=O) groups excluding carboxylic acids is 1. The molecule has 1 aromatic heterocycles. The number of hydrogen-bond acceptors (Lipinski definition) is 3. The van der Waals surface area contributed by atoms with E-state index in [2.05, 4.69) is 4.98 Å². The lowest BCUT2D eigenvalue weighted by molar-refractivity contribution is 0.0759. The van der Waals surface area contributed by atoms with Crippen LogP contribution in [0.4, 0.5) is 4.39 Å². The minimum absolute atomic E-state index is 0.0651. The van der Waals surface area contributed by atoms with Gasteiger partial charge in [0.25, 0.3) is 5.91 Å². The maximum atomic E-state index is 13.3. The number of hydrogen-bond donors (Lipinski definition) is 0. The molecule has 4 nitrogen and oxygen atoms in total. The number of pyridine rings is 1. The van der Waals surface area contributed by atoms with E-state index in [1.807, 2.05) is 6.07 Å². The average Bonchev–Trinajstić information content (AvgIpc) is 2.77. The Labute approximate surface area is 92.3 Å². The Bertz CT molecular complexity index is 455. The van der Waals surface area contributed by atoms with Gasteiger partial charge in [-0.25, -0.2) is 4.98 Å². The second-order valence-electron chi connectivity index (χ2n) is 3.63. The second-order valence-corrected chi connectivity index (χ2v) is 3.63. The molecule has 0 N–H and O–H groups in total. The lowest BCUT2D eigenvalue weighted by Crippen LogP contribution is -2.35. The summed E-state index contributed by atoms with van der Waals surface area (Å²) >= 11 is 0. The molecule has 1 fully saturated rings. The number of aromatic nitrogens is 1. The minimum Gasteiger partial charge on any atom is -0.322 e. The van der Waals surface area contributed by atoms with Crippen molar-refractivity contribution in [2.45, 2.75) is 18.9 Å². The first-order valence-electron chi connectivity index (χ1n) is 5.05. The zero-order valence-corrected chi connectivity index (χ0v) is 8.56. The van der Waals surface area contributed by atoms with E-state index in [-0.39, 0.29) is 5.56 Å². The van der Waals surface area contributed by atoms with Crippen molar-refractivity contribution in [3.05, 3.63) is 29.8 Å². The summed E-state index contributed by atoms with van der Waals surface area (Å²) in [5.74, 6) is -1.23. The average molecular weight is 219 g/mol. The lowest BCUT2D eigenvalue weighted by Gasteiger charge is -2.19. The van der Waals surface area contributed by atoms with Gasteiger partial charge in [-0.05, 0) is 25.0 Å². The summed E-state index contributed by atoms with van der Waals surface area (Å²) in [5.41, 5.74) is -0.0651. The van der Waals surface area contributed by atoms with Crippen molar-refractivity contribution < 1.29 is 9.18 Å². The van der Waals surface area contributed by atoms with Gasteiger partial charge in [-0.2, -0.15) is 9.65 Å². The largest absolute Gasteiger partial charge is 0.322 e. The van der Waals surface area contributed by atoms with Crippen molar-refractivity contribution in [3.63, 3.8) is 0 Å². The Hall–Kier alpha value is -1.96. The van der Waals surface area contributed by atoms with Crippen LogP contribution in [0.3, 0.4) is 0 Å². The molecule has 1 aliphatic heterocycles. The summed E-state index contributed by atoms with van der Waals surface area (Å²) in [4.78, 5) is 16.8. The monoisotopic (exact) mass is 219 g/mol. The second kappa shape index (κ2) is 4.27. The van der Waals surface area contributed by atoms with Crippen molar-refractivity contribution in [3.8, 4) is 6.07 Å². The van der Waals surface area contributed by atoms with E-state index in [1.165, 1.54) is 23.2 Å². The van der Waals surface area contributed by atoms with Crippen molar-refractivity contribution in [1.82, 2.24) is 9.88 Å². The van der Waals surface area contributed by atoms with E-state index in [4.69, 9.17) is 5.26 Å². The molecule has 2 rings (SSSR count). The molecule has 1 aliphatic rings. The molecule has 1 atom stereocenters. The number of likely N-dealkylation sites (tertiary alicyclic amines) is 1. The van der Waals surface area contributed by atoms with Crippen LogP contribution in [-0.4, -0.2) is 28.4 Å². The van der Waals surface area contributed by atoms with Gasteiger partial charge in [0.1, 0.15) is 6.04 Å². The standard InChI is InChI=1S/C11H10FN3O/c12-10-9(4-1-5-14-10)11(16)15-6-2-3-8(15)7-13/h1,4-5,8H,2-3,6H2. The minimum atomic E-state index is -0.781. The van der Waals surface area contributed by atoms with Crippen LogP contribution in [0.1, 0.15) is 23.2 Å². The third kappa shape index (κ3) is 1.74. The van der Waals surface area contributed by atoms with E-state index in [0.29, 0.717) is 13.0 Å². The van der Waals surface area contributed by atoms with Crippen LogP contribution in [0.25, 0.3) is 0 Å². The Morgan fingerprint density at radius 2 is 2.50 bits per heavy atom. The Morgan fingerprint density at radius 1 is 1.69 bits per heavy atom. The molecule has 2 heterocycles. The van der Waals surface area contributed by atoms with Crippen molar-refractivity contribution in [2.75, 3.05) is 6.54 Å². The first-order valence-corrected chi connectivity index (χ1v) is 5.05. The highest BCUT2D eigenvalue weighted by Crippen LogP contribution is 2.19. The zero-order chi connectivity index (χ0) is 11.5. The summed E-state index contributed by atoms with van der Waals surface area (Å²) in [6.07, 6.45) is 2.73. The van der Waals surface area contributed by atoms with Crippen LogP contribution in [0.15, 0.2) is 18.3 Å². The molecule has 0 aliphatic carbocycles. The maximum Gasteiger partial charge on any atom is 0.259 e. The van der Waals surface area contributed by atoms with Gasteiger partial charge in [0.15, 0.2) is 0 Å². The summed E-state index contributed by atoms with van der Waals surface area (Å²) in [6.45, 7) is 0.505. The molecular formula is C11H10FN3O. The highest BCUT2D eigenvalue weighted by molar-refractivity contribution is 5.94. The van der Waals surface area contributed by atoms with Crippen molar-refractivity contribution in [2.24, 2.45) is 0 Å². The summed E-state index contributed by atoms with van der Waals surface area (Å²) in [5, 5.41) is 8.85. The molecule has 1 unspecified atom stereocenters. The molecule has 5 heteroatoms. The molecule has 16 heavy (non-hydrogen) atoms. The van der Waals surface area contributed by atoms with Gasteiger partial charge < -0.3 is 4.90 Å². The molecule has 1 saturated heterocycles. The first-order chi connectivity index (χ1) is 7.74. The van der Waals surface area contributed by atoms with E-state index < -0.39 is 17.9 Å². The quantitative estimate of drug-likeness (QED) is 0.670. The van der Waals surface area contributed by atoms with E-state index in [9.17, 15) is 9.18 Å². The van der Waals surface area contributed by atoms with Crippen LogP contribution in [0.5, 0.6) is 0 Å². The van der Waals surface area contributed by atoms with Gasteiger partial charge in [-0.15, -0.1) is 0 Å². The topological polar surface area (TPSA) is 57.0 Å². The van der Waals surface area contributed by atoms with E-state index in [1.54, 1.807) is 0 Å². The summed E-state index contributed by atoms with van der Waals surface area (Å²) in [6, 6.07) is 4.50. The molecule has 0 aromatic carbocycles. The van der Waals surface area contributed by atoms with Gasteiger partial charge in [0.05, 0.1) is 11.6 Å². The lowest BCUT2D eigenvalue weighted by atomic mass is 10.2. The molecule has 1 amide bonds. The predicted molar refractivity (Wildman–Crippen MR) is 53.9 cm³/mol. The normalized spacial score (nSPS) is 19.5. The molecule has 0 bridgehead atoms. The maximum absolute atomic E-state index is 13.3. The Morgan fingerprint density at radius 3 is 3.19 bits per heavy atom. The van der Waals surface area contributed by atoms with Crippen molar-refractivity contribution >= 4 is 5.91 Å². The fourth-order valence-electron chi connectivity index (χ4n) is 1.84. The predicted octanol–water partition coefficient (Wildman–Crippen LogP) is 1.35. The molecule has 1 aromatic rings. The van der Waals surface area contributed by atoms with Gasteiger partial charge in [-0.3, -0.25) is 4.79 Å².